The molecule has 0 saturated carbocycles. The van der Waals surface area contributed by atoms with Crippen molar-refractivity contribution in [1.29, 1.82) is 0 Å². The molecule has 0 spiro atoms. The second-order valence-electron chi connectivity index (χ2n) is 3.32. The summed E-state index contributed by atoms with van der Waals surface area (Å²) in [7, 11) is 0. The van der Waals surface area contributed by atoms with Crippen LogP contribution in [-0.2, 0) is 16.0 Å². The Kier molecular flexibility index (Phi) is 4.05. The third kappa shape index (κ3) is 3.52. The number of Topliss-reactive ketones (excluding diaryl/α,β-unsaturated/α-hetero) is 2. The number of benzene rings is 1. The van der Waals surface area contributed by atoms with E-state index in [1.165, 1.54) is 12.5 Å². The summed E-state index contributed by atoms with van der Waals surface area (Å²) in [5.74, 6) is -0.598. The third-order valence-electron chi connectivity index (χ3n) is 2.10. The third-order valence-corrected chi connectivity index (χ3v) is 2.10. The minimum atomic E-state index is -0.335. The van der Waals surface area contributed by atoms with Gasteiger partial charge in [0, 0.05) is 13.3 Å². The average Bonchev–Trinajstić information content (AvgIpc) is 2.19. The highest BCUT2D eigenvalue weighted by Crippen LogP contribution is 2.04. The molecule has 0 radical (unpaired) electrons. The zero-order valence-electron chi connectivity index (χ0n) is 8.32. The van der Waals surface area contributed by atoms with Crippen LogP contribution in [0.4, 0.5) is 0 Å². The minimum Gasteiger partial charge on any atom is -0.291 e. The highest BCUT2D eigenvalue weighted by molar-refractivity contribution is 6.36. The molecule has 0 heterocycles. The van der Waals surface area contributed by atoms with Gasteiger partial charge in [0.2, 0.25) is 0 Å². The molecule has 74 valence electrons. The van der Waals surface area contributed by atoms with Crippen molar-refractivity contribution in [3.8, 4) is 0 Å². The van der Waals surface area contributed by atoms with Gasteiger partial charge >= 0.3 is 0 Å². The van der Waals surface area contributed by atoms with Crippen molar-refractivity contribution in [2.24, 2.45) is 0 Å². The van der Waals surface area contributed by atoms with E-state index >= 15 is 0 Å². The standard InChI is InChI=1S/C12H14O2/c1-10(13)12(14)9-5-8-11-6-3-2-4-7-11/h2-4,6-7H,5,8-9H2,1H3. The number of hydrogen-bond donors (Lipinski definition) is 0. The van der Waals surface area contributed by atoms with E-state index in [1.54, 1.807) is 0 Å². The van der Waals surface area contributed by atoms with E-state index in [2.05, 4.69) is 0 Å². The first-order chi connectivity index (χ1) is 6.70. The van der Waals surface area contributed by atoms with Crippen LogP contribution in [0, 0.1) is 0 Å². The Morgan fingerprint density at radius 1 is 1.14 bits per heavy atom. The zero-order valence-corrected chi connectivity index (χ0v) is 8.32. The van der Waals surface area contributed by atoms with E-state index in [4.69, 9.17) is 0 Å². The van der Waals surface area contributed by atoms with Crippen LogP contribution in [0.1, 0.15) is 25.3 Å². The van der Waals surface area contributed by atoms with Crippen molar-refractivity contribution in [3.05, 3.63) is 35.9 Å². The maximum Gasteiger partial charge on any atom is 0.198 e. The topological polar surface area (TPSA) is 34.1 Å². The summed E-state index contributed by atoms with van der Waals surface area (Å²) in [6.45, 7) is 1.32. The molecule has 0 fully saturated rings. The minimum absolute atomic E-state index is 0.263. The monoisotopic (exact) mass is 190 g/mol. The molecule has 0 amide bonds. The lowest BCUT2D eigenvalue weighted by Gasteiger charge is -1.99. The lowest BCUT2D eigenvalue weighted by atomic mass is 10.1. The molecule has 2 heteroatoms. The molecular weight excluding hydrogens is 176 g/mol. The molecule has 14 heavy (non-hydrogen) atoms. The molecule has 1 aromatic rings. The van der Waals surface area contributed by atoms with E-state index in [-0.39, 0.29) is 11.6 Å². The maximum atomic E-state index is 11.0. The number of carbonyl (C=O) groups is 2. The van der Waals surface area contributed by atoms with Crippen LogP contribution < -0.4 is 0 Å². The molecule has 0 aliphatic heterocycles. The van der Waals surface area contributed by atoms with E-state index in [9.17, 15) is 9.59 Å². The molecule has 0 aromatic heterocycles. The largest absolute Gasteiger partial charge is 0.291 e. The first kappa shape index (κ1) is 10.6. The normalized spacial score (nSPS) is 9.79. The predicted molar refractivity (Wildman–Crippen MR) is 55.1 cm³/mol. The summed E-state index contributed by atoms with van der Waals surface area (Å²) >= 11 is 0. The lowest BCUT2D eigenvalue weighted by Crippen LogP contribution is -2.08. The van der Waals surface area contributed by atoms with Crippen LogP contribution in [0.2, 0.25) is 0 Å². The van der Waals surface area contributed by atoms with Gasteiger partial charge in [-0.1, -0.05) is 30.3 Å². The summed E-state index contributed by atoms with van der Waals surface area (Å²) in [5, 5.41) is 0. The first-order valence-electron chi connectivity index (χ1n) is 4.78. The highest BCUT2D eigenvalue weighted by atomic mass is 16.2. The molecule has 0 atom stereocenters. The number of carbonyl (C=O) groups excluding carboxylic acids is 2. The summed E-state index contributed by atoms with van der Waals surface area (Å²) < 4.78 is 0. The van der Waals surface area contributed by atoms with Crippen molar-refractivity contribution in [2.75, 3.05) is 0 Å². The quantitative estimate of drug-likeness (QED) is 0.667. The summed E-state index contributed by atoms with van der Waals surface area (Å²) in [5.41, 5.74) is 1.21. The van der Waals surface area contributed by atoms with Gasteiger partial charge in [-0.2, -0.15) is 0 Å². The van der Waals surface area contributed by atoms with Crippen LogP contribution >= 0.6 is 0 Å². The molecule has 1 aromatic carbocycles. The predicted octanol–water partition coefficient (Wildman–Crippen LogP) is 2.17. The smallest absolute Gasteiger partial charge is 0.198 e. The van der Waals surface area contributed by atoms with E-state index < -0.39 is 0 Å². The Morgan fingerprint density at radius 2 is 1.79 bits per heavy atom. The van der Waals surface area contributed by atoms with Crippen molar-refractivity contribution >= 4 is 11.6 Å². The van der Waals surface area contributed by atoms with Crippen molar-refractivity contribution in [2.45, 2.75) is 26.2 Å². The van der Waals surface area contributed by atoms with E-state index in [1.807, 2.05) is 30.3 Å². The Balaban J connectivity index is 2.29. The molecule has 0 N–H and O–H groups in total. The lowest BCUT2D eigenvalue weighted by molar-refractivity contribution is -0.135. The van der Waals surface area contributed by atoms with Crippen LogP contribution in [0.25, 0.3) is 0 Å². The van der Waals surface area contributed by atoms with Gasteiger partial charge in [0.25, 0.3) is 0 Å². The molecule has 0 aliphatic rings. The Bertz CT molecular complexity index is 314. The van der Waals surface area contributed by atoms with Gasteiger partial charge in [-0.25, -0.2) is 0 Å². The van der Waals surface area contributed by atoms with Gasteiger partial charge < -0.3 is 0 Å². The molecule has 0 saturated heterocycles. The Hall–Kier alpha value is -1.44. The second-order valence-corrected chi connectivity index (χ2v) is 3.32. The Labute approximate surface area is 83.9 Å². The fraction of sp³-hybridized carbons (Fsp3) is 0.333. The van der Waals surface area contributed by atoms with Gasteiger partial charge in [0.1, 0.15) is 0 Å². The maximum absolute atomic E-state index is 11.0. The molecule has 1 rings (SSSR count). The van der Waals surface area contributed by atoms with Gasteiger partial charge in [0.05, 0.1) is 0 Å². The van der Waals surface area contributed by atoms with Crippen molar-refractivity contribution < 1.29 is 9.59 Å². The van der Waals surface area contributed by atoms with E-state index in [0.29, 0.717) is 6.42 Å². The van der Waals surface area contributed by atoms with Crippen LogP contribution in [0.15, 0.2) is 30.3 Å². The molecule has 0 aliphatic carbocycles. The summed E-state index contributed by atoms with van der Waals surface area (Å²) in [6.07, 6.45) is 1.98. The molecule has 0 bridgehead atoms. The second kappa shape index (κ2) is 5.32. The molecule has 2 nitrogen and oxygen atoms in total. The van der Waals surface area contributed by atoms with Crippen molar-refractivity contribution in [1.82, 2.24) is 0 Å². The highest BCUT2D eigenvalue weighted by Gasteiger charge is 2.06. The van der Waals surface area contributed by atoms with Gasteiger partial charge in [0.15, 0.2) is 11.6 Å². The molecular formula is C12H14O2. The molecule has 0 unspecified atom stereocenters. The van der Waals surface area contributed by atoms with Crippen LogP contribution in [0.5, 0.6) is 0 Å². The number of rotatable bonds is 5. The number of hydrogen-bond acceptors (Lipinski definition) is 2. The van der Waals surface area contributed by atoms with Gasteiger partial charge in [-0.05, 0) is 18.4 Å². The summed E-state index contributed by atoms with van der Waals surface area (Å²) in [4.78, 5) is 21.6. The fourth-order valence-corrected chi connectivity index (χ4v) is 1.27. The first-order valence-corrected chi connectivity index (χ1v) is 4.78. The van der Waals surface area contributed by atoms with Crippen molar-refractivity contribution in [3.63, 3.8) is 0 Å². The number of aryl methyl sites for hydroxylation is 1. The zero-order chi connectivity index (χ0) is 10.4. The summed E-state index contributed by atoms with van der Waals surface area (Å²) in [6, 6.07) is 9.96. The number of ketones is 2. The van der Waals surface area contributed by atoms with E-state index in [0.717, 1.165) is 12.8 Å². The van der Waals surface area contributed by atoms with Crippen LogP contribution in [-0.4, -0.2) is 11.6 Å². The van der Waals surface area contributed by atoms with Gasteiger partial charge in [-0.15, -0.1) is 0 Å². The Morgan fingerprint density at radius 3 is 2.36 bits per heavy atom. The average molecular weight is 190 g/mol. The van der Waals surface area contributed by atoms with Crippen LogP contribution in [0.3, 0.4) is 0 Å². The SMILES string of the molecule is CC(=O)C(=O)CCCc1ccccc1. The fourth-order valence-electron chi connectivity index (χ4n) is 1.27. The van der Waals surface area contributed by atoms with Gasteiger partial charge in [-0.3, -0.25) is 9.59 Å².